The summed E-state index contributed by atoms with van der Waals surface area (Å²) in [5, 5.41) is 0. The summed E-state index contributed by atoms with van der Waals surface area (Å²) >= 11 is 0. The molecular weight excluding hydrogens is 212 g/mol. The molecule has 0 amide bonds. The number of nitrogens with zero attached hydrogens (tertiary/aromatic N) is 1. The van der Waals surface area contributed by atoms with Crippen molar-refractivity contribution in [1.82, 2.24) is 9.97 Å². The van der Waals surface area contributed by atoms with Gasteiger partial charge in [0.2, 0.25) is 0 Å². The van der Waals surface area contributed by atoms with Crippen LogP contribution < -0.4 is 5.69 Å². The van der Waals surface area contributed by atoms with Crippen LogP contribution in [0, 0.1) is 27.7 Å². The van der Waals surface area contributed by atoms with Gasteiger partial charge in [0.15, 0.2) is 0 Å². The van der Waals surface area contributed by atoms with Crippen molar-refractivity contribution < 1.29 is 0 Å². The van der Waals surface area contributed by atoms with Crippen molar-refractivity contribution in [2.45, 2.75) is 27.7 Å². The van der Waals surface area contributed by atoms with Gasteiger partial charge in [0.05, 0.1) is 5.69 Å². The highest BCUT2D eigenvalue weighted by Gasteiger charge is 2.09. The Labute approximate surface area is 101 Å². The minimum atomic E-state index is -0.292. The SMILES string of the molecule is Cc1cc(C)c(-c2cc(C)[nH]c(=O)n2)c(C)c1. The summed E-state index contributed by atoms with van der Waals surface area (Å²) in [7, 11) is 0. The number of H-pyrrole nitrogens is 1. The summed E-state index contributed by atoms with van der Waals surface area (Å²) in [4.78, 5) is 18.1. The van der Waals surface area contributed by atoms with Crippen LogP contribution in [0.25, 0.3) is 11.3 Å². The number of hydrogen-bond donors (Lipinski definition) is 1. The Morgan fingerprint density at radius 3 is 2.12 bits per heavy atom. The molecule has 0 spiro atoms. The fourth-order valence-electron chi connectivity index (χ4n) is 2.29. The van der Waals surface area contributed by atoms with Crippen molar-refractivity contribution in [3.8, 4) is 11.3 Å². The smallest absolute Gasteiger partial charge is 0.310 e. The molecule has 0 radical (unpaired) electrons. The molecular formula is C14H16N2O. The standard InChI is InChI=1S/C14H16N2O/c1-8-5-9(2)13(10(3)6-8)12-7-11(4)15-14(17)16-12/h5-7H,1-4H3,(H,15,16,17). The minimum absolute atomic E-state index is 0.292. The monoisotopic (exact) mass is 228 g/mol. The molecule has 88 valence electrons. The Kier molecular flexibility index (Phi) is 2.84. The van der Waals surface area contributed by atoms with Crippen molar-refractivity contribution in [1.29, 1.82) is 0 Å². The highest BCUT2D eigenvalue weighted by Crippen LogP contribution is 2.26. The van der Waals surface area contributed by atoms with Gasteiger partial charge in [0.25, 0.3) is 0 Å². The van der Waals surface area contributed by atoms with Gasteiger partial charge in [-0.15, -0.1) is 0 Å². The van der Waals surface area contributed by atoms with E-state index in [1.807, 2.05) is 26.8 Å². The predicted molar refractivity (Wildman–Crippen MR) is 69.2 cm³/mol. The third-order valence-corrected chi connectivity index (χ3v) is 2.81. The molecule has 1 heterocycles. The summed E-state index contributed by atoms with van der Waals surface area (Å²) in [6.45, 7) is 8.03. The van der Waals surface area contributed by atoms with Crippen LogP contribution >= 0.6 is 0 Å². The van der Waals surface area contributed by atoms with Gasteiger partial charge < -0.3 is 4.98 Å². The topological polar surface area (TPSA) is 45.8 Å². The Morgan fingerprint density at radius 2 is 1.59 bits per heavy atom. The van der Waals surface area contributed by atoms with Gasteiger partial charge in [-0.25, -0.2) is 4.79 Å². The number of aromatic nitrogens is 2. The maximum atomic E-state index is 11.4. The van der Waals surface area contributed by atoms with Crippen molar-refractivity contribution in [2.24, 2.45) is 0 Å². The Hall–Kier alpha value is -1.90. The fraction of sp³-hybridized carbons (Fsp3) is 0.286. The molecule has 0 fully saturated rings. The van der Waals surface area contributed by atoms with E-state index in [0.29, 0.717) is 0 Å². The zero-order valence-corrected chi connectivity index (χ0v) is 10.6. The van der Waals surface area contributed by atoms with E-state index in [0.717, 1.165) is 28.1 Å². The van der Waals surface area contributed by atoms with Crippen LogP contribution in [-0.4, -0.2) is 9.97 Å². The van der Waals surface area contributed by atoms with Crippen LogP contribution in [-0.2, 0) is 0 Å². The first-order chi connectivity index (χ1) is 7.97. The van der Waals surface area contributed by atoms with Gasteiger partial charge >= 0.3 is 5.69 Å². The van der Waals surface area contributed by atoms with Gasteiger partial charge in [-0.1, -0.05) is 17.7 Å². The first kappa shape index (κ1) is 11.6. The molecule has 0 unspecified atom stereocenters. The van der Waals surface area contributed by atoms with Crippen LogP contribution in [0.2, 0.25) is 0 Å². The minimum Gasteiger partial charge on any atom is -0.310 e. The molecule has 0 aliphatic heterocycles. The van der Waals surface area contributed by atoms with Crippen LogP contribution in [0.4, 0.5) is 0 Å². The highest BCUT2D eigenvalue weighted by molar-refractivity contribution is 5.68. The molecule has 0 aliphatic rings. The first-order valence-electron chi connectivity index (χ1n) is 5.63. The average molecular weight is 228 g/mol. The molecule has 0 aliphatic carbocycles. The van der Waals surface area contributed by atoms with Gasteiger partial charge in [-0.2, -0.15) is 4.98 Å². The van der Waals surface area contributed by atoms with E-state index in [-0.39, 0.29) is 5.69 Å². The number of aryl methyl sites for hydroxylation is 4. The third-order valence-electron chi connectivity index (χ3n) is 2.81. The summed E-state index contributed by atoms with van der Waals surface area (Å²) in [6, 6.07) is 6.13. The van der Waals surface area contributed by atoms with Crippen LogP contribution in [0.1, 0.15) is 22.4 Å². The third kappa shape index (κ3) is 2.28. The molecule has 0 bridgehead atoms. The lowest BCUT2D eigenvalue weighted by molar-refractivity contribution is 1.03. The molecule has 0 saturated heterocycles. The van der Waals surface area contributed by atoms with Crippen molar-refractivity contribution in [2.75, 3.05) is 0 Å². The van der Waals surface area contributed by atoms with E-state index in [4.69, 9.17) is 0 Å². The predicted octanol–water partition coefficient (Wildman–Crippen LogP) is 2.67. The average Bonchev–Trinajstić information content (AvgIpc) is 2.13. The second-order valence-electron chi connectivity index (χ2n) is 4.53. The lowest BCUT2D eigenvalue weighted by atomic mass is 9.97. The summed E-state index contributed by atoms with van der Waals surface area (Å²) in [5.74, 6) is 0. The van der Waals surface area contributed by atoms with Crippen molar-refractivity contribution in [3.05, 3.63) is 51.1 Å². The number of benzene rings is 1. The summed E-state index contributed by atoms with van der Waals surface area (Å²) < 4.78 is 0. The molecule has 1 aromatic heterocycles. The Balaban J connectivity index is 2.72. The fourth-order valence-corrected chi connectivity index (χ4v) is 2.29. The molecule has 0 saturated carbocycles. The zero-order valence-electron chi connectivity index (χ0n) is 10.6. The van der Waals surface area contributed by atoms with Gasteiger partial charge in [0.1, 0.15) is 0 Å². The molecule has 17 heavy (non-hydrogen) atoms. The number of aromatic amines is 1. The first-order valence-corrected chi connectivity index (χ1v) is 5.63. The van der Waals surface area contributed by atoms with E-state index in [1.54, 1.807) is 0 Å². The van der Waals surface area contributed by atoms with E-state index in [9.17, 15) is 4.79 Å². The van der Waals surface area contributed by atoms with Gasteiger partial charge in [-0.05, 0) is 44.9 Å². The number of hydrogen-bond acceptors (Lipinski definition) is 2. The maximum Gasteiger partial charge on any atom is 0.345 e. The van der Waals surface area contributed by atoms with Crippen LogP contribution in [0.15, 0.2) is 23.0 Å². The van der Waals surface area contributed by atoms with Crippen molar-refractivity contribution >= 4 is 0 Å². The Morgan fingerprint density at radius 1 is 1.00 bits per heavy atom. The quantitative estimate of drug-likeness (QED) is 0.815. The molecule has 2 rings (SSSR count). The van der Waals surface area contributed by atoms with E-state index >= 15 is 0 Å². The highest BCUT2D eigenvalue weighted by atomic mass is 16.1. The second kappa shape index (κ2) is 4.17. The molecule has 0 atom stereocenters. The molecule has 1 aromatic carbocycles. The second-order valence-corrected chi connectivity index (χ2v) is 4.53. The summed E-state index contributed by atoms with van der Waals surface area (Å²) in [6.07, 6.45) is 0. The van der Waals surface area contributed by atoms with E-state index in [1.165, 1.54) is 5.56 Å². The molecule has 1 N–H and O–H groups in total. The Bertz CT molecular complexity index is 603. The van der Waals surface area contributed by atoms with Crippen molar-refractivity contribution in [3.63, 3.8) is 0 Å². The lowest BCUT2D eigenvalue weighted by Gasteiger charge is -2.10. The zero-order chi connectivity index (χ0) is 12.6. The normalized spacial score (nSPS) is 10.6. The summed E-state index contributed by atoms with van der Waals surface area (Å²) in [5.41, 5.74) is 5.88. The van der Waals surface area contributed by atoms with Gasteiger partial charge in [-0.3, -0.25) is 0 Å². The van der Waals surface area contributed by atoms with Crippen LogP contribution in [0.5, 0.6) is 0 Å². The van der Waals surface area contributed by atoms with E-state index in [2.05, 4.69) is 29.0 Å². The lowest BCUT2D eigenvalue weighted by Crippen LogP contribution is -2.12. The molecule has 3 heteroatoms. The maximum absolute atomic E-state index is 11.4. The van der Waals surface area contributed by atoms with E-state index < -0.39 is 0 Å². The van der Waals surface area contributed by atoms with Gasteiger partial charge in [0, 0.05) is 11.3 Å². The number of nitrogens with one attached hydrogen (secondary N) is 1. The number of rotatable bonds is 1. The van der Waals surface area contributed by atoms with Crippen LogP contribution in [0.3, 0.4) is 0 Å². The molecule has 2 aromatic rings. The molecule has 3 nitrogen and oxygen atoms in total. The largest absolute Gasteiger partial charge is 0.345 e.